The Hall–Kier alpha value is -1.16. The zero-order valence-electron chi connectivity index (χ0n) is 8.76. The molecule has 2 rings (SSSR count). The molecule has 0 aliphatic heterocycles. The Morgan fingerprint density at radius 3 is 2.87 bits per heavy atom. The van der Waals surface area contributed by atoms with E-state index in [0.717, 1.165) is 18.2 Å². The van der Waals surface area contributed by atoms with E-state index in [2.05, 4.69) is 15.3 Å². The van der Waals surface area contributed by atoms with Crippen LogP contribution in [0, 0.1) is 5.92 Å². The first-order chi connectivity index (χ1) is 7.38. The van der Waals surface area contributed by atoms with Gasteiger partial charge in [-0.2, -0.15) is 0 Å². The fraction of sp³-hybridized carbons (Fsp3) is 0.636. The summed E-state index contributed by atoms with van der Waals surface area (Å²) in [6.45, 7) is 0.160. The van der Waals surface area contributed by atoms with E-state index in [1.807, 2.05) is 0 Å². The number of anilines is 1. The van der Waals surface area contributed by atoms with E-state index in [-0.39, 0.29) is 12.6 Å². The van der Waals surface area contributed by atoms with E-state index in [1.54, 1.807) is 18.6 Å². The second-order valence-corrected chi connectivity index (χ2v) is 4.15. The molecular weight excluding hydrogens is 190 g/mol. The minimum absolute atomic E-state index is 0.118. The largest absolute Gasteiger partial charge is 0.394 e. The van der Waals surface area contributed by atoms with Gasteiger partial charge < -0.3 is 10.4 Å². The lowest BCUT2D eigenvalue weighted by Gasteiger charge is -2.29. The Labute approximate surface area is 89.8 Å². The summed E-state index contributed by atoms with van der Waals surface area (Å²) >= 11 is 0. The molecule has 1 fully saturated rings. The number of aliphatic hydroxyl groups excluding tert-OH is 1. The smallest absolute Gasteiger partial charge is 0.144 e. The highest BCUT2D eigenvalue weighted by atomic mass is 16.3. The van der Waals surface area contributed by atoms with E-state index >= 15 is 0 Å². The highest BCUT2D eigenvalue weighted by Gasteiger charge is 2.21. The lowest BCUT2D eigenvalue weighted by atomic mass is 9.81. The molecule has 4 heteroatoms. The third kappa shape index (κ3) is 2.89. The van der Waals surface area contributed by atoms with E-state index < -0.39 is 0 Å². The number of aromatic nitrogens is 2. The summed E-state index contributed by atoms with van der Waals surface area (Å²) in [6.07, 6.45) is 9.97. The Morgan fingerprint density at radius 1 is 1.47 bits per heavy atom. The topological polar surface area (TPSA) is 58.0 Å². The molecule has 1 heterocycles. The van der Waals surface area contributed by atoms with Crippen LogP contribution in [0.5, 0.6) is 0 Å². The molecule has 4 nitrogen and oxygen atoms in total. The predicted molar refractivity (Wildman–Crippen MR) is 58.5 cm³/mol. The first-order valence-electron chi connectivity index (χ1n) is 5.52. The van der Waals surface area contributed by atoms with Gasteiger partial charge in [0, 0.05) is 12.4 Å². The molecule has 1 aliphatic carbocycles. The van der Waals surface area contributed by atoms with Gasteiger partial charge in [-0.25, -0.2) is 4.98 Å². The van der Waals surface area contributed by atoms with Crippen molar-refractivity contribution in [3.63, 3.8) is 0 Å². The Balaban J connectivity index is 1.84. The summed E-state index contributed by atoms with van der Waals surface area (Å²) in [5, 5.41) is 12.4. The van der Waals surface area contributed by atoms with Crippen LogP contribution in [0.25, 0.3) is 0 Å². The molecular formula is C11H17N3O. The van der Waals surface area contributed by atoms with Gasteiger partial charge in [0.1, 0.15) is 5.82 Å². The predicted octanol–water partition coefficient (Wildman–Crippen LogP) is 1.44. The zero-order valence-corrected chi connectivity index (χ0v) is 8.76. The van der Waals surface area contributed by atoms with Crippen LogP contribution in [0.3, 0.4) is 0 Å². The summed E-state index contributed by atoms with van der Waals surface area (Å²) in [6, 6.07) is 0.118. The average molecular weight is 207 g/mol. The van der Waals surface area contributed by atoms with Gasteiger partial charge in [0.15, 0.2) is 0 Å². The molecule has 0 amide bonds. The zero-order chi connectivity index (χ0) is 10.5. The van der Waals surface area contributed by atoms with Gasteiger partial charge in [-0.05, 0) is 12.3 Å². The minimum Gasteiger partial charge on any atom is -0.394 e. The lowest BCUT2D eigenvalue weighted by Crippen LogP contribution is -2.29. The van der Waals surface area contributed by atoms with Crippen molar-refractivity contribution in [1.29, 1.82) is 0 Å². The molecule has 0 radical (unpaired) electrons. The van der Waals surface area contributed by atoms with Gasteiger partial charge in [-0.1, -0.05) is 19.3 Å². The van der Waals surface area contributed by atoms with Gasteiger partial charge in [-0.3, -0.25) is 4.98 Å². The van der Waals surface area contributed by atoms with Gasteiger partial charge in [0.05, 0.1) is 18.8 Å². The fourth-order valence-corrected chi connectivity index (χ4v) is 1.89. The summed E-state index contributed by atoms with van der Waals surface area (Å²) in [7, 11) is 0. The van der Waals surface area contributed by atoms with Crippen LogP contribution in [0.2, 0.25) is 0 Å². The maximum Gasteiger partial charge on any atom is 0.144 e. The van der Waals surface area contributed by atoms with Crippen molar-refractivity contribution in [2.45, 2.75) is 31.7 Å². The van der Waals surface area contributed by atoms with Crippen LogP contribution < -0.4 is 5.32 Å². The molecule has 0 bridgehead atoms. The van der Waals surface area contributed by atoms with Gasteiger partial charge in [0.25, 0.3) is 0 Å². The molecule has 0 saturated heterocycles. The molecule has 1 aromatic heterocycles. The number of nitrogens with one attached hydrogen (secondary N) is 1. The Kier molecular flexibility index (Phi) is 3.50. The van der Waals surface area contributed by atoms with Crippen LogP contribution in [0.1, 0.15) is 25.7 Å². The Bertz CT molecular complexity index is 287. The Morgan fingerprint density at radius 2 is 2.33 bits per heavy atom. The highest BCUT2D eigenvalue weighted by molar-refractivity contribution is 5.31. The number of hydrogen-bond acceptors (Lipinski definition) is 4. The standard InChI is InChI=1S/C11H17N3O/c15-8-10(6-9-2-1-3-9)14-11-7-12-4-5-13-11/h4-5,7,9-10,15H,1-3,6,8H2,(H,13,14). The normalized spacial score (nSPS) is 18.2. The third-order valence-electron chi connectivity index (χ3n) is 2.98. The lowest BCUT2D eigenvalue weighted by molar-refractivity contribution is 0.219. The minimum atomic E-state index is 0.118. The quantitative estimate of drug-likeness (QED) is 0.767. The molecule has 0 spiro atoms. The first-order valence-corrected chi connectivity index (χ1v) is 5.52. The highest BCUT2D eigenvalue weighted by Crippen LogP contribution is 2.30. The molecule has 2 N–H and O–H groups in total. The molecule has 15 heavy (non-hydrogen) atoms. The van der Waals surface area contributed by atoms with Crippen LogP contribution >= 0.6 is 0 Å². The van der Waals surface area contributed by atoms with E-state index in [1.165, 1.54) is 19.3 Å². The summed E-state index contributed by atoms with van der Waals surface area (Å²) in [5.41, 5.74) is 0. The van der Waals surface area contributed by atoms with Crippen molar-refractivity contribution in [3.8, 4) is 0 Å². The monoisotopic (exact) mass is 207 g/mol. The summed E-state index contributed by atoms with van der Waals surface area (Å²) in [4.78, 5) is 8.11. The molecule has 1 atom stereocenters. The van der Waals surface area contributed by atoms with Gasteiger partial charge >= 0.3 is 0 Å². The van der Waals surface area contributed by atoms with Crippen molar-refractivity contribution >= 4 is 5.82 Å². The molecule has 82 valence electrons. The van der Waals surface area contributed by atoms with Crippen molar-refractivity contribution in [2.24, 2.45) is 5.92 Å². The van der Waals surface area contributed by atoms with Gasteiger partial charge in [0.2, 0.25) is 0 Å². The van der Waals surface area contributed by atoms with Crippen molar-refractivity contribution in [2.75, 3.05) is 11.9 Å². The number of nitrogens with zero attached hydrogens (tertiary/aromatic N) is 2. The van der Waals surface area contributed by atoms with Crippen molar-refractivity contribution in [3.05, 3.63) is 18.6 Å². The van der Waals surface area contributed by atoms with E-state index in [9.17, 15) is 5.11 Å². The van der Waals surface area contributed by atoms with Gasteiger partial charge in [-0.15, -0.1) is 0 Å². The molecule has 1 saturated carbocycles. The van der Waals surface area contributed by atoms with E-state index in [0.29, 0.717) is 0 Å². The molecule has 1 aliphatic rings. The van der Waals surface area contributed by atoms with Crippen molar-refractivity contribution in [1.82, 2.24) is 9.97 Å². The summed E-state index contributed by atoms with van der Waals surface area (Å²) < 4.78 is 0. The maximum atomic E-state index is 9.25. The molecule has 1 unspecified atom stereocenters. The summed E-state index contributed by atoms with van der Waals surface area (Å²) in [5.74, 6) is 1.53. The number of rotatable bonds is 5. The molecule has 0 aromatic carbocycles. The number of hydrogen-bond donors (Lipinski definition) is 2. The third-order valence-corrected chi connectivity index (χ3v) is 2.98. The first kappa shape index (κ1) is 10.4. The SMILES string of the molecule is OCC(CC1CCC1)Nc1cnccn1. The van der Waals surface area contributed by atoms with E-state index in [4.69, 9.17) is 0 Å². The second kappa shape index (κ2) is 5.07. The second-order valence-electron chi connectivity index (χ2n) is 4.15. The average Bonchev–Trinajstić information content (AvgIpc) is 2.23. The van der Waals surface area contributed by atoms with Crippen LogP contribution in [-0.4, -0.2) is 27.7 Å². The maximum absolute atomic E-state index is 9.25. The number of aliphatic hydroxyl groups is 1. The van der Waals surface area contributed by atoms with Crippen LogP contribution in [0.15, 0.2) is 18.6 Å². The molecule has 1 aromatic rings. The van der Waals surface area contributed by atoms with Crippen LogP contribution in [0.4, 0.5) is 5.82 Å². The van der Waals surface area contributed by atoms with Crippen molar-refractivity contribution < 1.29 is 5.11 Å². The van der Waals surface area contributed by atoms with Crippen LogP contribution in [-0.2, 0) is 0 Å². The fourth-order valence-electron chi connectivity index (χ4n) is 1.89.